The molecule has 0 amide bonds. The lowest BCUT2D eigenvalue weighted by atomic mass is 10.2. The Morgan fingerprint density at radius 2 is 1.90 bits per heavy atom. The van der Waals surface area contributed by atoms with Gasteiger partial charge in [-0.05, 0) is 19.9 Å². The van der Waals surface area contributed by atoms with Crippen molar-refractivity contribution in [1.82, 2.24) is 15.1 Å². The van der Waals surface area contributed by atoms with Gasteiger partial charge in [-0.15, -0.1) is 24.0 Å². The number of nitrogens with two attached hydrogens (primary N) is 1. The van der Waals surface area contributed by atoms with Gasteiger partial charge in [0.05, 0.1) is 6.54 Å². The predicted octanol–water partition coefficient (Wildman–Crippen LogP) is 1.33. The minimum atomic E-state index is 0. The third-order valence-electron chi connectivity index (χ3n) is 3.84. The molecule has 1 saturated heterocycles. The summed E-state index contributed by atoms with van der Waals surface area (Å²) in [6, 6.07) is 0.477. The van der Waals surface area contributed by atoms with Gasteiger partial charge in [0, 0.05) is 38.8 Å². The smallest absolute Gasteiger partial charge is 0.188 e. The first kappa shape index (κ1) is 19.9. The van der Waals surface area contributed by atoms with E-state index < -0.39 is 0 Å². The summed E-state index contributed by atoms with van der Waals surface area (Å²) in [4.78, 5) is 9.44. The minimum absolute atomic E-state index is 0. The Balaban J connectivity index is 0.00000361. The Bertz CT molecular complexity index is 264. The number of piperazine rings is 1. The van der Waals surface area contributed by atoms with Crippen LogP contribution in [-0.4, -0.2) is 67.6 Å². The number of nitrogens with zero attached hydrogens (tertiary/aromatic N) is 3. The highest BCUT2D eigenvalue weighted by atomic mass is 127. The Morgan fingerprint density at radius 3 is 2.45 bits per heavy atom. The van der Waals surface area contributed by atoms with Gasteiger partial charge in [0.15, 0.2) is 5.96 Å². The van der Waals surface area contributed by atoms with E-state index in [2.05, 4.69) is 40.9 Å². The quantitative estimate of drug-likeness (QED) is 0.295. The largest absolute Gasteiger partial charge is 0.370 e. The van der Waals surface area contributed by atoms with Crippen molar-refractivity contribution in [3.63, 3.8) is 0 Å². The van der Waals surface area contributed by atoms with Crippen molar-refractivity contribution < 1.29 is 0 Å². The zero-order valence-corrected chi connectivity index (χ0v) is 15.6. The van der Waals surface area contributed by atoms with Crippen molar-refractivity contribution in [2.75, 3.05) is 45.8 Å². The molecule has 0 aromatic rings. The number of halogens is 1. The maximum atomic E-state index is 5.85. The molecule has 1 rings (SSSR count). The number of hydrogen-bond donors (Lipinski definition) is 2. The average Bonchev–Trinajstić information content (AvgIpc) is 2.45. The second-order valence-electron chi connectivity index (χ2n) is 5.33. The number of guanidine groups is 1. The highest BCUT2D eigenvalue weighted by Crippen LogP contribution is 2.06. The second kappa shape index (κ2) is 11.6. The monoisotopic (exact) mass is 397 g/mol. The van der Waals surface area contributed by atoms with Crippen LogP contribution in [0.1, 0.15) is 33.6 Å². The lowest BCUT2D eigenvalue weighted by molar-refractivity contribution is 0.109. The third kappa shape index (κ3) is 7.64. The lowest BCUT2D eigenvalue weighted by Crippen LogP contribution is -2.50. The van der Waals surface area contributed by atoms with E-state index in [-0.39, 0.29) is 24.0 Å². The van der Waals surface area contributed by atoms with E-state index in [1.54, 1.807) is 0 Å². The molecule has 1 aliphatic rings. The van der Waals surface area contributed by atoms with Gasteiger partial charge in [-0.3, -0.25) is 9.89 Å². The predicted molar refractivity (Wildman–Crippen MR) is 98.0 cm³/mol. The Morgan fingerprint density at radius 1 is 1.25 bits per heavy atom. The molecule has 0 bridgehead atoms. The van der Waals surface area contributed by atoms with Crippen LogP contribution in [0.2, 0.25) is 0 Å². The van der Waals surface area contributed by atoms with Crippen LogP contribution in [-0.2, 0) is 0 Å². The summed E-state index contributed by atoms with van der Waals surface area (Å²) in [7, 11) is 0. The van der Waals surface area contributed by atoms with Crippen molar-refractivity contribution in [1.29, 1.82) is 0 Å². The van der Waals surface area contributed by atoms with Gasteiger partial charge in [-0.25, -0.2) is 0 Å². The van der Waals surface area contributed by atoms with Crippen molar-refractivity contribution >= 4 is 29.9 Å². The van der Waals surface area contributed by atoms with Crippen LogP contribution in [0.25, 0.3) is 0 Å². The Labute approximate surface area is 141 Å². The average molecular weight is 397 g/mol. The lowest BCUT2D eigenvalue weighted by Gasteiger charge is -2.37. The minimum Gasteiger partial charge on any atom is -0.370 e. The third-order valence-corrected chi connectivity index (χ3v) is 3.84. The Hall–Kier alpha value is -0.0800. The summed E-state index contributed by atoms with van der Waals surface area (Å²) in [6.45, 7) is 14.2. The molecule has 0 aromatic heterocycles. The maximum absolute atomic E-state index is 5.85. The molecule has 1 heterocycles. The summed E-state index contributed by atoms with van der Waals surface area (Å²) in [6.07, 6.45) is 2.32. The fraction of sp³-hybridized carbons (Fsp3) is 0.929. The van der Waals surface area contributed by atoms with Crippen LogP contribution in [0.4, 0.5) is 0 Å². The molecule has 3 N–H and O–H groups in total. The molecule has 1 atom stereocenters. The molecule has 1 unspecified atom stereocenters. The highest BCUT2D eigenvalue weighted by molar-refractivity contribution is 14.0. The summed E-state index contributed by atoms with van der Waals surface area (Å²) in [5.74, 6) is 0.590. The van der Waals surface area contributed by atoms with Crippen LogP contribution < -0.4 is 11.1 Å². The standard InChI is InChI=1S/C14H31N5.HI/c1-4-6-7-16-14(15)17-12-13(3)19-10-8-18(5-2)9-11-19;/h13H,4-12H2,1-3H3,(H3,15,16,17);1H. The molecule has 0 radical (unpaired) electrons. The first-order valence-corrected chi connectivity index (χ1v) is 7.67. The molecule has 5 nitrogen and oxygen atoms in total. The fourth-order valence-corrected chi connectivity index (χ4v) is 2.32. The van der Waals surface area contributed by atoms with E-state index in [9.17, 15) is 0 Å². The van der Waals surface area contributed by atoms with Crippen molar-refractivity contribution in [3.05, 3.63) is 0 Å². The molecule has 0 spiro atoms. The van der Waals surface area contributed by atoms with Gasteiger partial charge in [-0.1, -0.05) is 20.3 Å². The van der Waals surface area contributed by atoms with Crippen molar-refractivity contribution in [2.24, 2.45) is 10.7 Å². The van der Waals surface area contributed by atoms with Gasteiger partial charge in [0.1, 0.15) is 0 Å². The van der Waals surface area contributed by atoms with Crippen molar-refractivity contribution in [3.8, 4) is 0 Å². The van der Waals surface area contributed by atoms with Crippen molar-refractivity contribution in [2.45, 2.75) is 39.7 Å². The van der Waals surface area contributed by atoms with Gasteiger partial charge < -0.3 is 16.0 Å². The van der Waals surface area contributed by atoms with Crippen LogP contribution in [0.15, 0.2) is 4.99 Å². The topological polar surface area (TPSA) is 56.9 Å². The molecule has 0 saturated carbocycles. The van der Waals surface area contributed by atoms with Gasteiger partial charge in [0.2, 0.25) is 0 Å². The van der Waals surface area contributed by atoms with E-state index in [4.69, 9.17) is 5.73 Å². The molecular weight excluding hydrogens is 365 g/mol. The van der Waals surface area contributed by atoms with Gasteiger partial charge in [0.25, 0.3) is 0 Å². The van der Waals surface area contributed by atoms with Crippen LogP contribution in [0.3, 0.4) is 0 Å². The number of rotatable bonds is 7. The Kier molecular flexibility index (Phi) is 11.5. The summed E-state index contributed by atoms with van der Waals surface area (Å²) in [5.41, 5.74) is 5.85. The first-order valence-electron chi connectivity index (χ1n) is 7.67. The first-order chi connectivity index (χ1) is 9.17. The number of likely N-dealkylation sites (N-methyl/N-ethyl adjacent to an activating group) is 1. The molecule has 1 fully saturated rings. The van der Waals surface area contributed by atoms with E-state index in [0.29, 0.717) is 12.0 Å². The zero-order valence-electron chi connectivity index (χ0n) is 13.3. The molecule has 120 valence electrons. The normalized spacial score (nSPS) is 19.4. The van der Waals surface area contributed by atoms with Crippen LogP contribution in [0, 0.1) is 0 Å². The van der Waals surface area contributed by atoms with Crippen LogP contribution in [0.5, 0.6) is 0 Å². The second-order valence-corrected chi connectivity index (χ2v) is 5.33. The number of aliphatic imine (C=N–C) groups is 1. The molecular formula is C14H32IN5. The molecule has 1 aliphatic heterocycles. The van der Waals surface area contributed by atoms with Gasteiger partial charge in [-0.2, -0.15) is 0 Å². The molecule has 0 aliphatic carbocycles. The van der Waals surface area contributed by atoms with Crippen LogP contribution >= 0.6 is 24.0 Å². The maximum Gasteiger partial charge on any atom is 0.188 e. The summed E-state index contributed by atoms with van der Waals surface area (Å²) in [5, 5.41) is 3.16. The zero-order chi connectivity index (χ0) is 14.1. The summed E-state index contributed by atoms with van der Waals surface area (Å²) >= 11 is 0. The van der Waals surface area contributed by atoms with E-state index in [0.717, 1.165) is 39.1 Å². The molecule has 6 heteroatoms. The highest BCUT2D eigenvalue weighted by Gasteiger charge is 2.19. The molecule has 0 aromatic carbocycles. The SMILES string of the molecule is CCCCNC(N)=NCC(C)N1CCN(CC)CC1.I. The number of unbranched alkanes of at least 4 members (excludes halogenated alkanes) is 1. The molecule has 20 heavy (non-hydrogen) atoms. The van der Waals surface area contributed by atoms with Gasteiger partial charge >= 0.3 is 0 Å². The van der Waals surface area contributed by atoms with E-state index >= 15 is 0 Å². The van der Waals surface area contributed by atoms with E-state index in [1.165, 1.54) is 19.5 Å². The summed E-state index contributed by atoms with van der Waals surface area (Å²) < 4.78 is 0. The number of hydrogen-bond acceptors (Lipinski definition) is 3. The fourth-order valence-electron chi connectivity index (χ4n) is 2.32. The number of nitrogens with one attached hydrogen (secondary N) is 1. The van der Waals surface area contributed by atoms with E-state index in [1.807, 2.05) is 0 Å².